The Morgan fingerprint density at radius 2 is 2.12 bits per heavy atom. The third kappa shape index (κ3) is 3.72. The predicted molar refractivity (Wildman–Crippen MR) is 74.8 cm³/mol. The van der Waals surface area contributed by atoms with E-state index in [0.29, 0.717) is 0 Å². The molecule has 0 amide bonds. The maximum Gasteiger partial charge on any atom is 0.0671 e. The van der Waals surface area contributed by atoms with Gasteiger partial charge in [0, 0.05) is 29.8 Å². The van der Waals surface area contributed by atoms with Crippen molar-refractivity contribution < 1.29 is 0 Å². The fourth-order valence-corrected chi connectivity index (χ4v) is 2.41. The molecular formula is C13H18BrN3. The molecule has 0 aromatic heterocycles. The van der Waals surface area contributed by atoms with Crippen LogP contribution in [0.1, 0.15) is 25.5 Å². The summed E-state index contributed by atoms with van der Waals surface area (Å²) in [6.07, 6.45) is 0. The van der Waals surface area contributed by atoms with Gasteiger partial charge in [0.25, 0.3) is 0 Å². The summed E-state index contributed by atoms with van der Waals surface area (Å²) in [6.45, 7) is 4.60. The van der Waals surface area contributed by atoms with E-state index in [0.717, 1.165) is 22.3 Å². The van der Waals surface area contributed by atoms with Crippen LogP contribution in [0.15, 0.2) is 22.7 Å². The second-order valence-corrected chi connectivity index (χ2v) is 5.26. The van der Waals surface area contributed by atoms with Crippen molar-refractivity contribution in [2.24, 2.45) is 11.7 Å². The molecule has 0 aliphatic carbocycles. The molecule has 2 unspecified atom stereocenters. The van der Waals surface area contributed by atoms with Gasteiger partial charge in [0.1, 0.15) is 0 Å². The van der Waals surface area contributed by atoms with Gasteiger partial charge in [0.15, 0.2) is 0 Å². The van der Waals surface area contributed by atoms with Gasteiger partial charge in [-0.25, -0.2) is 0 Å². The van der Waals surface area contributed by atoms with Crippen LogP contribution in [0.2, 0.25) is 0 Å². The molecule has 3 nitrogen and oxygen atoms in total. The van der Waals surface area contributed by atoms with E-state index < -0.39 is 0 Å². The molecule has 1 rings (SSSR count). The van der Waals surface area contributed by atoms with Gasteiger partial charge in [0.05, 0.1) is 12.0 Å². The summed E-state index contributed by atoms with van der Waals surface area (Å²) in [5, 5.41) is 8.80. The number of benzene rings is 1. The Bertz CT molecular complexity index is 423. The van der Waals surface area contributed by atoms with Crippen molar-refractivity contribution in [3.63, 3.8) is 0 Å². The fourth-order valence-electron chi connectivity index (χ4n) is 1.68. The Morgan fingerprint density at radius 1 is 1.47 bits per heavy atom. The average molecular weight is 296 g/mol. The summed E-state index contributed by atoms with van der Waals surface area (Å²) in [7, 11) is 1.99. The molecule has 0 heterocycles. The predicted octanol–water partition coefficient (Wildman–Crippen LogP) is 3.06. The van der Waals surface area contributed by atoms with Crippen molar-refractivity contribution in [2.45, 2.75) is 19.9 Å². The minimum atomic E-state index is 0.0155. The van der Waals surface area contributed by atoms with E-state index in [4.69, 9.17) is 11.0 Å². The van der Waals surface area contributed by atoms with E-state index in [2.05, 4.69) is 26.9 Å². The van der Waals surface area contributed by atoms with Gasteiger partial charge in [-0.05, 0) is 31.5 Å². The number of nitriles is 1. The molecule has 17 heavy (non-hydrogen) atoms. The van der Waals surface area contributed by atoms with E-state index in [9.17, 15) is 0 Å². The van der Waals surface area contributed by atoms with Gasteiger partial charge in [-0.1, -0.05) is 22.0 Å². The molecule has 2 N–H and O–H groups in total. The first-order chi connectivity index (χ1) is 7.95. The van der Waals surface area contributed by atoms with E-state index in [-0.39, 0.29) is 12.0 Å². The first kappa shape index (κ1) is 14.0. The highest BCUT2D eigenvalue weighted by Gasteiger charge is 2.10. The first-order valence-electron chi connectivity index (χ1n) is 5.61. The van der Waals surface area contributed by atoms with Gasteiger partial charge >= 0.3 is 0 Å². The highest BCUT2D eigenvalue weighted by molar-refractivity contribution is 9.10. The maximum atomic E-state index is 8.80. The van der Waals surface area contributed by atoms with Crippen molar-refractivity contribution in [1.29, 1.82) is 5.26 Å². The Hall–Kier alpha value is -1.05. The SMILES string of the molecule is CC(C#N)CN(C)c1ccc(C(C)N)c(Br)c1. The lowest BCUT2D eigenvalue weighted by molar-refractivity contribution is 0.715. The maximum absolute atomic E-state index is 8.80. The van der Waals surface area contributed by atoms with Gasteiger partial charge in [-0.15, -0.1) is 0 Å². The second-order valence-electron chi connectivity index (χ2n) is 4.41. The van der Waals surface area contributed by atoms with Crippen molar-refractivity contribution in [3.05, 3.63) is 28.2 Å². The molecule has 0 saturated heterocycles. The summed E-state index contributed by atoms with van der Waals surface area (Å²) < 4.78 is 1.02. The molecule has 0 fully saturated rings. The van der Waals surface area contributed by atoms with Crippen molar-refractivity contribution in [3.8, 4) is 6.07 Å². The Kier molecular flexibility index (Phi) is 4.98. The molecule has 0 radical (unpaired) electrons. The summed E-state index contributed by atoms with van der Waals surface area (Å²) in [5.74, 6) is 0.0203. The number of nitrogens with two attached hydrogens (primary N) is 1. The van der Waals surface area contributed by atoms with E-state index in [1.165, 1.54) is 0 Å². The Labute approximate surface area is 111 Å². The molecule has 0 saturated carbocycles. The van der Waals surface area contributed by atoms with Crippen LogP contribution < -0.4 is 10.6 Å². The van der Waals surface area contributed by atoms with Crippen molar-refractivity contribution >= 4 is 21.6 Å². The highest BCUT2D eigenvalue weighted by atomic mass is 79.9. The van der Waals surface area contributed by atoms with Crippen LogP contribution in [0.3, 0.4) is 0 Å². The third-order valence-electron chi connectivity index (χ3n) is 2.68. The highest BCUT2D eigenvalue weighted by Crippen LogP contribution is 2.27. The molecule has 0 aliphatic rings. The van der Waals surface area contributed by atoms with Gasteiger partial charge < -0.3 is 10.6 Å². The summed E-state index contributed by atoms with van der Waals surface area (Å²) in [6, 6.07) is 8.36. The number of hydrogen-bond acceptors (Lipinski definition) is 3. The van der Waals surface area contributed by atoms with Crippen molar-refractivity contribution in [1.82, 2.24) is 0 Å². The van der Waals surface area contributed by atoms with Crippen LogP contribution in [-0.4, -0.2) is 13.6 Å². The fraction of sp³-hybridized carbons (Fsp3) is 0.462. The third-order valence-corrected chi connectivity index (χ3v) is 3.37. The van der Waals surface area contributed by atoms with Crippen LogP contribution in [0.5, 0.6) is 0 Å². The lowest BCUT2D eigenvalue weighted by atomic mass is 10.1. The van der Waals surface area contributed by atoms with Crippen LogP contribution in [-0.2, 0) is 0 Å². The normalized spacial score (nSPS) is 13.9. The zero-order valence-corrected chi connectivity index (χ0v) is 12.0. The number of hydrogen-bond donors (Lipinski definition) is 1. The van der Waals surface area contributed by atoms with Crippen LogP contribution in [0.4, 0.5) is 5.69 Å². The molecule has 92 valence electrons. The molecular weight excluding hydrogens is 278 g/mol. The van der Waals surface area contributed by atoms with E-state index >= 15 is 0 Å². The number of nitrogens with zero attached hydrogens (tertiary/aromatic N) is 2. The monoisotopic (exact) mass is 295 g/mol. The number of rotatable bonds is 4. The molecule has 0 spiro atoms. The Morgan fingerprint density at radius 3 is 2.59 bits per heavy atom. The molecule has 4 heteroatoms. The van der Waals surface area contributed by atoms with Crippen molar-refractivity contribution in [2.75, 3.05) is 18.5 Å². The van der Waals surface area contributed by atoms with Crippen LogP contribution in [0, 0.1) is 17.2 Å². The van der Waals surface area contributed by atoms with Gasteiger partial charge in [-0.3, -0.25) is 0 Å². The van der Waals surface area contributed by atoms with Crippen LogP contribution >= 0.6 is 15.9 Å². The second kappa shape index (κ2) is 6.04. The topological polar surface area (TPSA) is 53.0 Å². The molecule has 2 atom stereocenters. The average Bonchev–Trinajstić information content (AvgIpc) is 2.28. The zero-order valence-electron chi connectivity index (χ0n) is 10.4. The smallest absolute Gasteiger partial charge is 0.0671 e. The summed E-state index contributed by atoms with van der Waals surface area (Å²) >= 11 is 3.53. The number of halogens is 1. The minimum absolute atomic E-state index is 0.0155. The summed E-state index contributed by atoms with van der Waals surface area (Å²) in [5.41, 5.74) is 8.04. The zero-order chi connectivity index (χ0) is 13.0. The molecule has 0 aliphatic heterocycles. The molecule has 0 bridgehead atoms. The number of anilines is 1. The van der Waals surface area contributed by atoms with E-state index in [1.54, 1.807) is 0 Å². The van der Waals surface area contributed by atoms with Crippen LogP contribution in [0.25, 0.3) is 0 Å². The lowest BCUT2D eigenvalue weighted by Gasteiger charge is -2.21. The lowest BCUT2D eigenvalue weighted by Crippen LogP contribution is -2.23. The largest absolute Gasteiger partial charge is 0.373 e. The summed E-state index contributed by atoms with van der Waals surface area (Å²) in [4.78, 5) is 2.07. The molecule has 1 aromatic rings. The van der Waals surface area contributed by atoms with Gasteiger partial charge in [0.2, 0.25) is 0 Å². The van der Waals surface area contributed by atoms with Gasteiger partial charge in [-0.2, -0.15) is 5.26 Å². The minimum Gasteiger partial charge on any atom is -0.373 e. The standard InChI is InChI=1S/C13H18BrN3/c1-9(7-15)8-17(3)11-4-5-12(10(2)16)13(14)6-11/h4-6,9-10H,8,16H2,1-3H3. The Balaban J connectivity index is 2.87. The molecule has 1 aromatic carbocycles. The first-order valence-corrected chi connectivity index (χ1v) is 6.40. The quantitative estimate of drug-likeness (QED) is 0.929. The van der Waals surface area contributed by atoms with E-state index in [1.807, 2.05) is 39.1 Å².